The van der Waals surface area contributed by atoms with Gasteiger partial charge in [-0.15, -0.1) is 0 Å². The molecular formula is C22H18Cl2FNO. The Labute approximate surface area is 168 Å². The molecule has 0 aromatic heterocycles. The lowest BCUT2D eigenvalue weighted by Gasteiger charge is -2.11. The molecular weight excluding hydrogens is 384 g/mol. The van der Waals surface area contributed by atoms with Crippen LogP contribution in [0.1, 0.15) is 23.6 Å². The number of hydrogen-bond acceptors (Lipinski definition) is 2. The lowest BCUT2D eigenvalue weighted by Crippen LogP contribution is -1.99. The van der Waals surface area contributed by atoms with Crippen LogP contribution in [0.5, 0.6) is 5.75 Å². The summed E-state index contributed by atoms with van der Waals surface area (Å²) in [4.78, 5) is 4.44. The van der Waals surface area contributed by atoms with Crippen molar-refractivity contribution < 1.29 is 9.13 Å². The van der Waals surface area contributed by atoms with Gasteiger partial charge < -0.3 is 4.74 Å². The van der Waals surface area contributed by atoms with E-state index in [9.17, 15) is 4.39 Å². The zero-order valence-corrected chi connectivity index (χ0v) is 16.3. The van der Waals surface area contributed by atoms with E-state index >= 15 is 0 Å². The summed E-state index contributed by atoms with van der Waals surface area (Å²) in [5, 5.41) is 0.697. The van der Waals surface area contributed by atoms with Gasteiger partial charge in [0.05, 0.1) is 15.7 Å². The molecule has 27 heavy (non-hydrogen) atoms. The van der Waals surface area contributed by atoms with E-state index < -0.39 is 0 Å². The fourth-order valence-electron chi connectivity index (χ4n) is 2.52. The summed E-state index contributed by atoms with van der Waals surface area (Å²) in [7, 11) is 0. The third kappa shape index (κ3) is 5.09. The first-order valence-electron chi connectivity index (χ1n) is 8.55. The summed E-state index contributed by atoms with van der Waals surface area (Å²) in [6.45, 7) is 2.15. The molecule has 0 atom stereocenters. The average molecular weight is 402 g/mol. The minimum Gasteiger partial charge on any atom is -0.486 e. The second-order valence-corrected chi connectivity index (χ2v) is 6.79. The van der Waals surface area contributed by atoms with Crippen molar-refractivity contribution >= 4 is 35.1 Å². The number of ether oxygens (including phenoxy) is 1. The van der Waals surface area contributed by atoms with Gasteiger partial charge in [-0.3, -0.25) is 4.99 Å². The van der Waals surface area contributed by atoms with Crippen molar-refractivity contribution in [1.29, 1.82) is 0 Å². The van der Waals surface area contributed by atoms with E-state index in [-0.39, 0.29) is 12.4 Å². The highest BCUT2D eigenvalue weighted by atomic mass is 35.5. The number of benzene rings is 3. The molecule has 3 aromatic rings. The van der Waals surface area contributed by atoms with Gasteiger partial charge in [-0.1, -0.05) is 60.5 Å². The van der Waals surface area contributed by atoms with Crippen molar-refractivity contribution in [2.45, 2.75) is 20.0 Å². The quantitative estimate of drug-likeness (QED) is 0.406. The number of aliphatic imine (C=N–C) groups is 1. The summed E-state index contributed by atoms with van der Waals surface area (Å²) in [5.41, 5.74) is 3.30. The highest BCUT2D eigenvalue weighted by molar-refractivity contribution is 6.37. The lowest BCUT2D eigenvalue weighted by atomic mass is 10.1. The van der Waals surface area contributed by atoms with Crippen LogP contribution >= 0.6 is 23.2 Å². The van der Waals surface area contributed by atoms with Crippen molar-refractivity contribution in [1.82, 2.24) is 0 Å². The Kier molecular flexibility index (Phi) is 6.49. The van der Waals surface area contributed by atoms with E-state index in [2.05, 4.69) is 11.9 Å². The molecule has 0 heterocycles. The topological polar surface area (TPSA) is 21.6 Å². The van der Waals surface area contributed by atoms with Gasteiger partial charge in [-0.2, -0.15) is 0 Å². The monoisotopic (exact) mass is 401 g/mol. The van der Waals surface area contributed by atoms with Gasteiger partial charge in [0.1, 0.15) is 12.4 Å². The summed E-state index contributed by atoms with van der Waals surface area (Å²) in [6.07, 6.45) is 2.68. The van der Waals surface area contributed by atoms with Crippen LogP contribution in [0.4, 0.5) is 10.1 Å². The van der Waals surface area contributed by atoms with Crippen LogP contribution in [-0.2, 0) is 13.0 Å². The summed E-state index contributed by atoms with van der Waals surface area (Å²) in [5.74, 6) is -0.00590. The predicted octanol–water partition coefficient (Wildman–Crippen LogP) is 7.02. The Bertz CT molecular complexity index is 932. The van der Waals surface area contributed by atoms with Crippen LogP contribution in [0.25, 0.3) is 0 Å². The van der Waals surface area contributed by atoms with Gasteiger partial charge in [0.15, 0.2) is 5.75 Å². The average Bonchev–Trinajstić information content (AvgIpc) is 2.67. The largest absolute Gasteiger partial charge is 0.486 e. The zero-order valence-electron chi connectivity index (χ0n) is 14.8. The first-order chi connectivity index (χ1) is 13.1. The molecule has 138 valence electrons. The van der Waals surface area contributed by atoms with Crippen molar-refractivity contribution in [3.63, 3.8) is 0 Å². The molecule has 0 aliphatic rings. The molecule has 0 spiro atoms. The second-order valence-electron chi connectivity index (χ2n) is 5.97. The van der Waals surface area contributed by atoms with E-state index in [1.54, 1.807) is 36.5 Å². The maximum absolute atomic E-state index is 13.7. The van der Waals surface area contributed by atoms with E-state index in [0.29, 0.717) is 21.4 Å². The normalized spacial score (nSPS) is 11.1. The molecule has 0 radical (unpaired) electrons. The molecule has 0 saturated carbocycles. The molecule has 2 nitrogen and oxygen atoms in total. The smallest absolute Gasteiger partial charge is 0.157 e. The van der Waals surface area contributed by atoms with E-state index in [4.69, 9.17) is 27.9 Å². The fourth-order valence-corrected chi connectivity index (χ4v) is 3.14. The summed E-state index contributed by atoms with van der Waals surface area (Å²) < 4.78 is 19.3. The minimum atomic E-state index is -0.331. The van der Waals surface area contributed by atoms with E-state index in [0.717, 1.165) is 17.7 Å². The molecule has 3 rings (SSSR count). The molecule has 3 aromatic carbocycles. The van der Waals surface area contributed by atoms with Crippen LogP contribution < -0.4 is 4.74 Å². The predicted molar refractivity (Wildman–Crippen MR) is 110 cm³/mol. The number of hydrogen-bond donors (Lipinski definition) is 0. The maximum Gasteiger partial charge on any atom is 0.157 e. The first kappa shape index (κ1) is 19.4. The Morgan fingerprint density at radius 3 is 2.30 bits per heavy atom. The SMILES string of the molecule is CCc1ccc(N=Cc2cc(Cl)c(OCc3ccccc3F)c(Cl)c2)cc1. The Morgan fingerprint density at radius 2 is 1.67 bits per heavy atom. The van der Waals surface area contributed by atoms with Crippen LogP contribution in [-0.4, -0.2) is 6.21 Å². The molecule has 0 aliphatic carbocycles. The Morgan fingerprint density at radius 1 is 1.00 bits per heavy atom. The number of rotatable bonds is 6. The van der Waals surface area contributed by atoms with Crippen molar-refractivity contribution in [2.75, 3.05) is 0 Å². The van der Waals surface area contributed by atoms with Crippen LogP contribution in [0.15, 0.2) is 65.7 Å². The zero-order chi connectivity index (χ0) is 19.2. The molecule has 0 fully saturated rings. The molecule has 0 amide bonds. The number of aryl methyl sites for hydroxylation is 1. The van der Waals surface area contributed by atoms with Gasteiger partial charge in [-0.05, 0) is 47.9 Å². The standard InChI is InChI=1S/C22H18Cl2FNO/c1-2-15-7-9-18(10-8-15)26-13-16-11-19(23)22(20(24)12-16)27-14-17-5-3-4-6-21(17)25/h3-13H,2,14H2,1H3. The van der Waals surface area contributed by atoms with Crippen molar-refractivity contribution in [3.05, 3.63) is 93.2 Å². The molecule has 0 aliphatic heterocycles. The maximum atomic E-state index is 13.7. The minimum absolute atomic E-state index is 0.0450. The van der Waals surface area contributed by atoms with Gasteiger partial charge >= 0.3 is 0 Å². The first-order valence-corrected chi connectivity index (χ1v) is 9.30. The summed E-state index contributed by atoms with van der Waals surface area (Å²) >= 11 is 12.6. The molecule has 5 heteroatoms. The third-order valence-electron chi connectivity index (χ3n) is 4.06. The lowest BCUT2D eigenvalue weighted by molar-refractivity contribution is 0.300. The third-order valence-corrected chi connectivity index (χ3v) is 4.62. The number of halogens is 3. The van der Waals surface area contributed by atoms with E-state index in [1.165, 1.54) is 11.6 Å². The fraction of sp³-hybridized carbons (Fsp3) is 0.136. The van der Waals surface area contributed by atoms with Gasteiger partial charge in [0.2, 0.25) is 0 Å². The van der Waals surface area contributed by atoms with E-state index in [1.807, 2.05) is 24.3 Å². The number of nitrogens with zero attached hydrogens (tertiary/aromatic N) is 1. The van der Waals surface area contributed by atoms with Crippen LogP contribution in [0.3, 0.4) is 0 Å². The molecule has 0 unspecified atom stereocenters. The highest BCUT2D eigenvalue weighted by Gasteiger charge is 2.11. The van der Waals surface area contributed by atoms with Gasteiger partial charge in [0.25, 0.3) is 0 Å². The van der Waals surface area contributed by atoms with Crippen LogP contribution in [0.2, 0.25) is 10.0 Å². The Balaban J connectivity index is 1.74. The molecule has 0 saturated heterocycles. The Hall–Kier alpha value is -2.36. The second kappa shape index (κ2) is 9.03. The summed E-state index contributed by atoms with van der Waals surface area (Å²) in [6, 6.07) is 17.9. The highest BCUT2D eigenvalue weighted by Crippen LogP contribution is 2.34. The molecule has 0 N–H and O–H groups in total. The van der Waals surface area contributed by atoms with Crippen molar-refractivity contribution in [3.8, 4) is 5.75 Å². The van der Waals surface area contributed by atoms with Crippen molar-refractivity contribution in [2.24, 2.45) is 4.99 Å². The molecule has 0 bridgehead atoms. The van der Waals surface area contributed by atoms with Gasteiger partial charge in [-0.25, -0.2) is 4.39 Å². The van der Waals surface area contributed by atoms with Crippen LogP contribution in [0, 0.1) is 5.82 Å². The van der Waals surface area contributed by atoms with Gasteiger partial charge in [0, 0.05) is 11.8 Å².